The molecule has 0 saturated carbocycles. The number of carbonyl (C=O) groups excluding carboxylic acids is 1. The van der Waals surface area contributed by atoms with Gasteiger partial charge in [0.1, 0.15) is 18.2 Å². The second-order valence-electron chi connectivity index (χ2n) is 8.73. The lowest BCUT2D eigenvalue weighted by Crippen LogP contribution is -2.13. The molecule has 1 aromatic heterocycles. The van der Waals surface area contributed by atoms with Gasteiger partial charge in [-0.1, -0.05) is 55.8 Å². The fraction of sp³-hybridized carbons (Fsp3) is 0.214. The highest BCUT2D eigenvalue weighted by Gasteiger charge is 2.12. The molecule has 0 spiro atoms. The smallest absolute Gasteiger partial charge is 0.256 e. The summed E-state index contributed by atoms with van der Waals surface area (Å²) >= 11 is 6.14. The molecule has 7 heteroatoms. The van der Waals surface area contributed by atoms with Crippen LogP contribution >= 0.6 is 11.6 Å². The van der Waals surface area contributed by atoms with Crippen LogP contribution in [-0.2, 0) is 13.2 Å². The maximum absolute atomic E-state index is 13.3. The van der Waals surface area contributed by atoms with Gasteiger partial charge in [0.2, 0.25) is 0 Å². The quantitative estimate of drug-likeness (QED) is 0.289. The number of anilines is 1. The predicted octanol–water partition coefficient (Wildman–Crippen LogP) is 6.99. The number of ether oxygens (including phenoxy) is 1. The number of benzene rings is 3. The van der Waals surface area contributed by atoms with Crippen LogP contribution in [0.2, 0.25) is 5.02 Å². The van der Waals surface area contributed by atoms with Crippen molar-refractivity contribution in [1.82, 2.24) is 9.78 Å². The number of halogens is 2. The van der Waals surface area contributed by atoms with Gasteiger partial charge in [-0.05, 0) is 65.9 Å². The Morgan fingerprint density at radius 2 is 1.86 bits per heavy atom. The van der Waals surface area contributed by atoms with Crippen LogP contribution in [0.4, 0.5) is 10.2 Å². The van der Waals surface area contributed by atoms with Crippen molar-refractivity contribution in [2.24, 2.45) is 0 Å². The Kier molecular flexibility index (Phi) is 7.51. The highest BCUT2D eigenvalue weighted by atomic mass is 35.5. The Balaban J connectivity index is 1.39. The Bertz CT molecular complexity index is 1330. The van der Waals surface area contributed by atoms with E-state index in [4.69, 9.17) is 16.3 Å². The van der Waals surface area contributed by atoms with Gasteiger partial charge in [-0.15, -0.1) is 0 Å². The third-order valence-corrected chi connectivity index (χ3v) is 6.05. The largest absolute Gasteiger partial charge is 0.489 e. The van der Waals surface area contributed by atoms with Gasteiger partial charge in [0, 0.05) is 22.3 Å². The highest BCUT2D eigenvalue weighted by Crippen LogP contribution is 2.21. The van der Waals surface area contributed by atoms with E-state index in [1.54, 1.807) is 28.9 Å². The molecule has 1 heterocycles. The van der Waals surface area contributed by atoms with Crippen molar-refractivity contribution in [1.29, 1.82) is 0 Å². The molecule has 0 aliphatic heterocycles. The van der Waals surface area contributed by atoms with Crippen LogP contribution in [0.3, 0.4) is 0 Å². The fourth-order valence-electron chi connectivity index (χ4n) is 3.65. The number of nitrogens with zero attached hydrogens (tertiary/aromatic N) is 2. The minimum absolute atomic E-state index is 0.266. The Hall–Kier alpha value is -3.64. The molecule has 0 saturated heterocycles. The van der Waals surface area contributed by atoms with E-state index in [-0.39, 0.29) is 11.7 Å². The zero-order chi connectivity index (χ0) is 24.9. The summed E-state index contributed by atoms with van der Waals surface area (Å²) in [7, 11) is 0. The number of rotatable bonds is 8. The van der Waals surface area contributed by atoms with Crippen LogP contribution < -0.4 is 10.1 Å². The van der Waals surface area contributed by atoms with Crippen LogP contribution in [0.1, 0.15) is 52.5 Å². The second-order valence-corrected chi connectivity index (χ2v) is 9.14. The first-order valence-corrected chi connectivity index (χ1v) is 11.8. The van der Waals surface area contributed by atoms with Crippen molar-refractivity contribution in [3.05, 3.63) is 112 Å². The van der Waals surface area contributed by atoms with Crippen molar-refractivity contribution >= 4 is 23.3 Å². The molecule has 0 radical (unpaired) electrons. The Labute approximate surface area is 209 Å². The summed E-state index contributed by atoms with van der Waals surface area (Å²) in [5.74, 6) is 1.03. The number of aryl methyl sites for hydroxylation is 1. The lowest BCUT2D eigenvalue weighted by molar-refractivity contribution is 0.102. The van der Waals surface area contributed by atoms with E-state index >= 15 is 0 Å². The number of carbonyl (C=O) groups is 1. The van der Waals surface area contributed by atoms with Crippen LogP contribution in [0.5, 0.6) is 5.75 Å². The van der Waals surface area contributed by atoms with E-state index in [1.807, 2.05) is 31.2 Å². The lowest BCUT2D eigenvalue weighted by atomic mass is 10.0. The predicted molar refractivity (Wildman–Crippen MR) is 137 cm³/mol. The Morgan fingerprint density at radius 1 is 1.09 bits per heavy atom. The van der Waals surface area contributed by atoms with Gasteiger partial charge in [0.15, 0.2) is 5.82 Å². The number of hydrogen-bond acceptors (Lipinski definition) is 3. The molecule has 1 N–H and O–H groups in total. The van der Waals surface area contributed by atoms with Crippen molar-refractivity contribution < 1.29 is 13.9 Å². The molecule has 0 unspecified atom stereocenters. The van der Waals surface area contributed by atoms with Gasteiger partial charge in [-0.3, -0.25) is 9.48 Å². The van der Waals surface area contributed by atoms with Crippen molar-refractivity contribution in [2.45, 2.75) is 39.8 Å². The molecule has 4 aromatic rings. The van der Waals surface area contributed by atoms with Gasteiger partial charge in [0.25, 0.3) is 5.91 Å². The first-order valence-electron chi connectivity index (χ1n) is 11.4. The monoisotopic (exact) mass is 491 g/mol. The average Bonchev–Trinajstić information content (AvgIpc) is 3.18. The fourth-order valence-corrected chi connectivity index (χ4v) is 3.88. The van der Waals surface area contributed by atoms with Gasteiger partial charge < -0.3 is 10.1 Å². The molecular formula is C28H27ClFN3O2. The molecule has 0 atom stereocenters. The molecule has 35 heavy (non-hydrogen) atoms. The van der Waals surface area contributed by atoms with E-state index in [2.05, 4.69) is 36.4 Å². The summed E-state index contributed by atoms with van der Waals surface area (Å²) in [5, 5.41) is 7.64. The van der Waals surface area contributed by atoms with Crippen LogP contribution in [0.25, 0.3) is 0 Å². The van der Waals surface area contributed by atoms with E-state index in [0.717, 1.165) is 22.6 Å². The molecule has 3 aromatic carbocycles. The molecular weight excluding hydrogens is 465 g/mol. The summed E-state index contributed by atoms with van der Waals surface area (Å²) in [5.41, 5.74) is 4.23. The van der Waals surface area contributed by atoms with Crippen LogP contribution in [0.15, 0.2) is 72.8 Å². The van der Waals surface area contributed by atoms with Crippen LogP contribution in [0, 0.1) is 12.7 Å². The van der Waals surface area contributed by atoms with Crippen LogP contribution in [-0.4, -0.2) is 15.7 Å². The number of hydrogen-bond donors (Lipinski definition) is 1. The minimum atomic E-state index is -0.388. The Morgan fingerprint density at radius 3 is 2.57 bits per heavy atom. The van der Waals surface area contributed by atoms with Gasteiger partial charge in [-0.25, -0.2) is 4.39 Å². The third kappa shape index (κ3) is 6.28. The van der Waals surface area contributed by atoms with Crippen molar-refractivity contribution in [2.75, 3.05) is 5.32 Å². The zero-order valence-corrected chi connectivity index (χ0v) is 20.6. The first-order chi connectivity index (χ1) is 16.8. The number of amides is 1. The number of aromatic nitrogens is 2. The molecule has 4 rings (SSSR count). The molecule has 0 bridgehead atoms. The normalized spacial score (nSPS) is 11.0. The van der Waals surface area contributed by atoms with E-state index < -0.39 is 0 Å². The third-order valence-electron chi connectivity index (χ3n) is 5.70. The van der Waals surface area contributed by atoms with Gasteiger partial charge in [-0.2, -0.15) is 5.10 Å². The first kappa shape index (κ1) is 24.5. The van der Waals surface area contributed by atoms with Gasteiger partial charge in [0.05, 0.1) is 6.54 Å². The van der Waals surface area contributed by atoms with Crippen molar-refractivity contribution in [3.8, 4) is 5.75 Å². The topological polar surface area (TPSA) is 56.1 Å². The summed E-state index contributed by atoms with van der Waals surface area (Å²) in [6.07, 6.45) is 0. The summed E-state index contributed by atoms with van der Waals surface area (Å²) in [4.78, 5) is 12.8. The van der Waals surface area contributed by atoms with Gasteiger partial charge >= 0.3 is 0 Å². The minimum Gasteiger partial charge on any atom is -0.489 e. The summed E-state index contributed by atoms with van der Waals surface area (Å²) in [6, 6.07) is 21.4. The molecule has 180 valence electrons. The number of nitrogens with one attached hydrogen (secondary N) is 1. The SMILES string of the molecule is Cc1cc(NC(=O)c2cccc(COc3ccc(C(C)C)cc3)c2)nn1Cc1ccc(F)cc1Cl. The van der Waals surface area contributed by atoms with Crippen molar-refractivity contribution in [3.63, 3.8) is 0 Å². The molecule has 1 amide bonds. The van der Waals surface area contributed by atoms with E-state index in [9.17, 15) is 9.18 Å². The zero-order valence-electron chi connectivity index (χ0n) is 19.9. The summed E-state index contributed by atoms with van der Waals surface area (Å²) < 4.78 is 20.9. The maximum atomic E-state index is 13.3. The molecule has 0 aliphatic rings. The highest BCUT2D eigenvalue weighted by molar-refractivity contribution is 6.31. The van der Waals surface area contributed by atoms with E-state index in [0.29, 0.717) is 35.5 Å². The molecule has 0 aliphatic carbocycles. The molecule has 5 nitrogen and oxygen atoms in total. The summed E-state index contributed by atoms with van der Waals surface area (Å²) in [6.45, 7) is 6.91. The van der Waals surface area contributed by atoms with E-state index in [1.165, 1.54) is 17.7 Å². The second kappa shape index (κ2) is 10.7. The standard InChI is InChI=1S/C28H27ClFN3O2/c1-18(2)21-8-11-25(12-9-21)35-17-20-5-4-6-22(14-20)28(34)31-27-13-19(3)33(32-27)16-23-7-10-24(30)15-26(23)29/h4-15,18H,16-17H2,1-3H3,(H,31,32,34). The molecule has 0 fully saturated rings. The average molecular weight is 492 g/mol. The maximum Gasteiger partial charge on any atom is 0.256 e. The lowest BCUT2D eigenvalue weighted by Gasteiger charge is -2.10.